The summed E-state index contributed by atoms with van der Waals surface area (Å²) in [5.41, 5.74) is 2.49. The fourth-order valence-corrected chi connectivity index (χ4v) is 4.22. The first-order valence-corrected chi connectivity index (χ1v) is 9.56. The number of alkyl halides is 3. The van der Waals surface area contributed by atoms with Crippen LogP contribution in [0, 0.1) is 0 Å². The number of aryl methyl sites for hydroxylation is 1. The molecule has 1 aliphatic carbocycles. The van der Waals surface area contributed by atoms with E-state index in [0.29, 0.717) is 48.9 Å². The predicted octanol–water partition coefficient (Wildman–Crippen LogP) is 5.00. The van der Waals surface area contributed by atoms with Crippen LogP contribution in [0.4, 0.5) is 13.2 Å². The van der Waals surface area contributed by atoms with Gasteiger partial charge in [-0.2, -0.15) is 13.2 Å². The number of carbonyl (C=O) groups is 1. The van der Waals surface area contributed by atoms with Crippen molar-refractivity contribution in [2.24, 2.45) is 0 Å². The molecule has 0 N–H and O–H groups in total. The standard InChI is InChI=1S/C22H18F3NO3/c23-22(24,25)14-6-4-13(5-7-14)12-26-17-11-20-19(28-8-9-29-20)10-16(17)15-2-1-3-18(27)21(15)26/h4-7,10-11H,1-3,8-9,12H2. The summed E-state index contributed by atoms with van der Waals surface area (Å²) in [6.07, 6.45) is -2.32. The molecule has 0 fully saturated rings. The highest BCUT2D eigenvalue weighted by Crippen LogP contribution is 2.40. The first-order valence-electron chi connectivity index (χ1n) is 9.56. The molecular formula is C22H18F3NO3. The van der Waals surface area contributed by atoms with Crippen molar-refractivity contribution in [1.82, 2.24) is 4.57 Å². The normalized spacial score (nSPS) is 16.2. The Hall–Kier alpha value is -2.96. The van der Waals surface area contributed by atoms with Crippen LogP contribution in [0.15, 0.2) is 36.4 Å². The van der Waals surface area contributed by atoms with Crippen LogP contribution in [0.2, 0.25) is 0 Å². The monoisotopic (exact) mass is 401 g/mol. The Bertz CT molecular complexity index is 1110. The Morgan fingerprint density at radius 3 is 2.34 bits per heavy atom. The lowest BCUT2D eigenvalue weighted by Gasteiger charge is -2.19. The van der Waals surface area contributed by atoms with Crippen LogP contribution in [-0.4, -0.2) is 23.6 Å². The molecule has 2 aromatic carbocycles. The minimum absolute atomic E-state index is 0.0640. The van der Waals surface area contributed by atoms with E-state index in [0.717, 1.165) is 41.4 Å². The van der Waals surface area contributed by atoms with Crippen molar-refractivity contribution in [1.29, 1.82) is 0 Å². The number of hydrogen-bond donors (Lipinski definition) is 0. The number of Topliss-reactive ketones (excluding diaryl/α,β-unsaturated/α-hetero) is 1. The first kappa shape index (κ1) is 18.1. The molecule has 1 aliphatic heterocycles. The second-order valence-electron chi connectivity index (χ2n) is 7.40. The Kier molecular flexibility index (Phi) is 4.08. The van der Waals surface area contributed by atoms with Crippen molar-refractivity contribution in [3.8, 4) is 11.5 Å². The number of rotatable bonds is 2. The highest BCUT2D eigenvalue weighted by molar-refractivity contribution is 6.04. The quantitative estimate of drug-likeness (QED) is 0.607. The van der Waals surface area contributed by atoms with Crippen molar-refractivity contribution in [2.75, 3.05) is 13.2 Å². The smallest absolute Gasteiger partial charge is 0.416 e. The van der Waals surface area contributed by atoms with Gasteiger partial charge in [-0.05, 0) is 42.2 Å². The number of hydrogen-bond acceptors (Lipinski definition) is 3. The van der Waals surface area contributed by atoms with Crippen molar-refractivity contribution in [2.45, 2.75) is 32.0 Å². The summed E-state index contributed by atoms with van der Waals surface area (Å²) < 4.78 is 51.9. The van der Waals surface area contributed by atoms with E-state index < -0.39 is 11.7 Å². The molecular weight excluding hydrogens is 383 g/mol. The minimum Gasteiger partial charge on any atom is -0.486 e. The van der Waals surface area contributed by atoms with Gasteiger partial charge in [-0.25, -0.2) is 0 Å². The van der Waals surface area contributed by atoms with E-state index >= 15 is 0 Å². The van der Waals surface area contributed by atoms with Crippen LogP contribution < -0.4 is 9.47 Å². The molecule has 150 valence electrons. The van der Waals surface area contributed by atoms with Gasteiger partial charge in [0.2, 0.25) is 0 Å². The zero-order valence-electron chi connectivity index (χ0n) is 15.5. The maximum Gasteiger partial charge on any atom is 0.416 e. The van der Waals surface area contributed by atoms with Gasteiger partial charge in [0.15, 0.2) is 17.3 Å². The molecule has 0 spiro atoms. The fourth-order valence-electron chi connectivity index (χ4n) is 4.22. The number of fused-ring (bicyclic) bond motifs is 4. The number of ketones is 1. The SMILES string of the molecule is O=C1CCCc2c1n(Cc1ccc(C(F)(F)F)cc1)c1cc3c(cc21)OCCO3. The summed E-state index contributed by atoms with van der Waals surface area (Å²) in [4.78, 5) is 12.7. The van der Waals surface area contributed by atoms with Crippen LogP contribution in [0.3, 0.4) is 0 Å². The zero-order valence-corrected chi connectivity index (χ0v) is 15.5. The number of aromatic nitrogens is 1. The zero-order chi connectivity index (χ0) is 20.2. The molecule has 0 bridgehead atoms. The molecule has 1 aromatic heterocycles. The third-order valence-electron chi connectivity index (χ3n) is 5.55. The van der Waals surface area contributed by atoms with Gasteiger partial charge in [0.1, 0.15) is 13.2 Å². The maximum atomic E-state index is 12.9. The molecule has 5 rings (SSSR count). The van der Waals surface area contributed by atoms with Crippen LogP contribution >= 0.6 is 0 Å². The molecule has 0 radical (unpaired) electrons. The molecule has 4 nitrogen and oxygen atoms in total. The van der Waals surface area contributed by atoms with E-state index in [2.05, 4.69) is 0 Å². The van der Waals surface area contributed by atoms with Crippen LogP contribution in [-0.2, 0) is 19.1 Å². The van der Waals surface area contributed by atoms with E-state index in [9.17, 15) is 18.0 Å². The minimum atomic E-state index is -4.37. The number of carbonyl (C=O) groups excluding carboxylic acids is 1. The van der Waals surface area contributed by atoms with Crippen molar-refractivity contribution in [3.63, 3.8) is 0 Å². The van der Waals surface area contributed by atoms with Gasteiger partial charge in [-0.1, -0.05) is 12.1 Å². The first-order chi connectivity index (χ1) is 13.9. The van der Waals surface area contributed by atoms with Crippen molar-refractivity contribution >= 4 is 16.7 Å². The summed E-state index contributed by atoms with van der Waals surface area (Å²) in [5, 5.41) is 0.948. The highest BCUT2D eigenvalue weighted by Gasteiger charge is 2.31. The lowest BCUT2D eigenvalue weighted by Crippen LogP contribution is -2.16. The van der Waals surface area contributed by atoms with E-state index in [4.69, 9.17) is 9.47 Å². The fraction of sp³-hybridized carbons (Fsp3) is 0.318. The number of ether oxygens (including phenoxy) is 2. The Morgan fingerprint density at radius 2 is 1.66 bits per heavy atom. The van der Waals surface area contributed by atoms with Crippen LogP contribution in [0.25, 0.3) is 10.9 Å². The van der Waals surface area contributed by atoms with Gasteiger partial charge in [-0.15, -0.1) is 0 Å². The molecule has 0 saturated carbocycles. The second-order valence-corrected chi connectivity index (χ2v) is 7.40. The third-order valence-corrected chi connectivity index (χ3v) is 5.55. The number of nitrogens with zero attached hydrogens (tertiary/aromatic N) is 1. The molecule has 29 heavy (non-hydrogen) atoms. The van der Waals surface area contributed by atoms with Crippen LogP contribution in [0.1, 0.15) is 40.0 Å². The molecule has 0 amide bonds. The molecule has 3 aromatic rings. The summed E-state index contributed by atoms with van der Waals surface area (Å²) in [5.74, 6) is 1.35. The predicted molar refractivity (Wildman–Crippen MR) is 101 cm³/mol. The maximum absolute atomic E-state index is 12.9. The Labute approximate surface area is 164 Å². The van der Waals surface area contributed by atoms with Gasteiger partial charge in [-0.3, -0.25) is 4.79 Å². The molecule has 0 atom stereocenters. The molecule has 2 heterocycles. The molecule has 7 heteroatoms. The highest BCUT2D eigenvalue weighted by atomic mass is 19.4. The lowest BCUT2D eigenvalue weighted by molar-refractivity contribution is -0.137. The van der Waals surface area contributed by atoms with Crippen molar-refractivity contribution in [3.05, 3.63) is 58.8 Å². The second kappa shape index (κ2) is 6.54. The van der Waals surface area contributed by atoms with Gasteiger partial charge < -0.3 is 14.0 Å². The molecule has 0 saturated heterocycles. The average Bonchev–Trinajstić information content (AvgIpc) is 3.00. The Balaban J connectivity index is 1.64. The largest absolute Gasteiger partial charge is 0.486 e. The topological polar surface area (TPSA) is 40.5 Å². The summed E-state index contributed by atoms with van der Waals surface area (Å²) in [7, 11) is 0. The lowest BCUT2D eigenvalue weighted by atomic mass is 9.94. The summed E-state index contributed by atoms with van der Waals surface area (Å²) in [6.45, 7) is 1.25. The summed E-state index contributed by atoms with van der Waals surface area (Å²) >= 11 is 0. The Morgan fingerprint density at radius 1 is 0.966 bits per heavy atom. The van der Waals surface area contributed by atoms with E-state index in [-0.39, 0.29) is 5.78 Å². The van der Waals surface area contributed by atoms with E-state index in [1.165, 1.54) is 12.1 Å². The third kappa shape index (κ3) is 3.05. The number of halogens is 3. The van der Waals surface area contributed by atoms with Gasteiger partial charge in [0.05, 0.1) is 16.8 Å². The molecule has 0 unspecified atom stereocenters. The van der Waals surface area contributed by atoms with Gasteiger partial charge in [0.25, 0.3) is 0 Å². The van der Waals surface area contributed by atoms with Gasteiger partial charge in [0, 0.05) is 24.4 Å². The van der Waals surface area contributed by atoms with Crippen molar-refractivity contribution < 1.29 is 27.4 Å². The average molecular weight is 401 g/mol. The van der Waals surface area contributed by atoms with E-state index in [1.54, 1.807) is 0 Å². The van der Waals surface area contributed by atoms with Gasteiger partial charge >= 0.3 is 6.18 Å². The van der Waals surface area contributed by atoms with Crippen LogP contribution in [0.5, 0.6) is 11.5 Å². The molecule has 2 aliphatic rings. The summed E-state index contributed by atoms with van der Waals surface area (Å²) in [6, 6.07) is 8.88. The van der Waals surface area contributed by atoms with E-state index in [1.807, 2.05) is 16.7 Å². The number of benzene rings is 2.